The average molecular weight is 389 g/mol. The number of hydrogen-bond donors (Lipinski definition) is 1. The Morgan fingerprint density at radius 2 is 2.04 bits per heavy atom. The molecule has 1 aromatic heterocycles. The minimum atomic E-state index is -0.244. The zero-order valence-electron chi connectivity index (χ0n) is 13.8. The molecule has 0 aliphatic carbocycles. The Bertz CT molecular complexity index is 1020. The summed E-state index contributed by atoms with van der Waals surface area (Å²) >= 11 is 1.70. The van der Waals surface area contributed by atoms with Crippen LogP contribution >= 0.6 is 24.2 Å². The highest BCUT2D eigenvalue weighted by molar-refractivity contribution is 8.00. The Hall–Kier alpha value is -2.38. The molecule has 0 radical (unpaired) electrons. The van der Waals surface area contributed by atoms with Gasteiger partial charge in [0.15, 0.2) is 0 Å². The number of nitrogen functional groups attached to an aromatic ring is 1. The Morgan fingerprint density at radius 3 is 2.85 bits per heavy atom. The molecule has 1 amide bonds. The third-order valence-corrected chi connectivity index (χ3v) is 5.90. The van der Waals surface area contributed by atoms with Gasteiger partial charge in [0.2, 0.25) is 0 Å². The zero-order chi connectivity index (χ0) is 17.0. The number of nitrogens with zero attached hydrogens (tertiary/aromatic N) is 3. The van der Waals surface area contributed by atoms with Crippen molar-refractivity contribution in [3.05, 3.63) is 36.4 Å². The van der Waals surface area contributed by atoms with Crippen molar-refractivity contribution in [1.82, 2.24) is 14.7 Å². The number of carbonyl (C=O) groups excluding carboxylic acids is 1. The molecule has 134 valence electrons. The molecule has 0 unspecified atom stereocenters. The van der Waals surface area contributed by atoms with Gasteiger partial charge in [-0.3, -0.25) is 4.68 Å². The van der Waals surface area contributed by atoms with Crippen LogP contribution in [0.1, 0.15) is 0 Å². The van der Waals surface area contributed by atoms with Crippen molar-refractivity contribution >= 4 is 46.9 Å². The van der Waals surface area contributed by atoms with Gasteiger partial charge in [0.1, 0.15) is 12.3 Å². The van der Waals surface area contributed by atoms with Crippen LogP contribution in [0.3, 0.4) is 0 Å². The number of anilines is 1. The summed E-state index contributed by atoms with van der Waals surface area (Å²) in [6, 6.07) is 12.2. The highest BCUT2D eigenvalue weighted by atomic mass is 35.5. The van der Waals surface area contributed by atoms with Gasteiger partial charge in [-0.2, -0.15) is 5.10 Å². The first kappa shape index (κ1) is 17.1. The molecule has 3 heterocycles. The number of benzene rings is 2. The first-order chi connectivity index (χ1) is 12.2. The average Bonchev–Trinajstić information content (AvgIpc) is 3.20. The maximum Gasteiger partial charge on any atom is 0.410 e. The summed E-state index contributed by atoms with van der Waals surface area (Å²) in [6.45, 7) is 2.32. The molecule has 0 spiro atoms. The maximum absolute atomic E-state index is 11.6. The Morgan fingerprint density at radius 1 is 1.19 bits per heavy atom. The first-order valence-corrected chi connectivity index (χ1v) is 9.02. The van der Waals surface area contributed by atoms with Crippen LogP contribution < -0.4 is 5.73 Å². The van der Waals surface area contributed by atoms with Crippen molar-refractivity contribution in [3.63, 3.8) is 0 Å². The van der Waals surface area contributed by atoms with Crippen molar-refractivity contribution in [2.24, 2.45) is 0 Å². The Balaban J connectivity index is 0.00000168. The van der Waals surface area contributed by atoms with Gasteiger partial charge < -0.3 is 15.4 Å². The van der Waals surface area contributed by atoms with E-state index in [2.05, 4.69) is 12.1 Å². The maximum atomic E-state index is 11.6. The van der Waals surface area contributed by atoms with E-state index < -0.39 is 0 Å². The number of fused-ring (bicyclic) bond motifs is 2. The van der Waals surface area contributed by atoms with Crippen LogP contribution in [-0.4, -0.2) is 40.5 Å². The zero-order valence-corrected chi connectivity index (χ0v) is 15.5. The third-order valence-electron chi connectivity index (χ3n) is 4.68. The topological polar surface area (TPSA) is 73.4 Å². The fourth-order valence-corrected chi connectivity index (χ4v) is 4.56. The van der Waals surface area contributed by atoms with E-state index in [0.717, 1.165) is 32.7 Å². The molecule has 8 heteroatoms. The summed E-state index contributed by atoms with van der Waals surface area (Å²) in [7, 11) is 0. The second-order valence-corrected chi connectivity index (χ2v) is 7.20. The largest absolute Gasteiger partial charge is 0.448 e. The molecule has 0 atom stereocenters. The number of rotatable bonds is 3. The lowest BCUT2D eigenvalue weighted by molar-refractivity contribution is 0.157. The first-order valence-electron chi connectivity index (χ1n) is 8.20. The molecule has 0 bridgehead atoms. The summed E-state index contributed by atoms with van der Waals surface area (Å²) < 4.78 is 6.97. The molecule has 0 saturated carbocycles. The van der Waals surface area contributed by atoms with E-state index in [1.165, 1.54) is 4.90 Å². The number of ether oxygens (including phenoxy) is 1. The molecular weight excluding hydrogens is 372 g/mol. The number of hydrogen-bond acceptors (Lipinski definition) is 5. The van der Waals surface area contributed by atoms with E-state index in [-0.39, 0.29) is 18.5 Å². The molecule has 1 saturated heterocycles. The number of nitrogens with two attached hydrogens (primary N) is 1. The van der Waals surface area contributed by atoms with Crippen LogP contribution in [0.15, 0.2) is 46.2 Å². The summed E-state index contributed by atoms with van der Waals surface area (Å²) in [5.41, 5.74) is 10.2. The molecule has 2 N–H and O–H groups in total. The molecule has 2 aliphatic heterocycles. The molecule has 5 rings (SSSR count). The third kappa shape index (κ3) is 2.50. The molecule has 3 aromatic rings. The normalized spacial score (nSPS) is 14.9. The van der Waals surface area contributed by atoms with Gasteiger partial charge >= 0.3 is 6.09 Å². The summed E-state index contributed by atoms with van der Waals surface area (Å²) in [4.78, 5) is 15.6. The molecule has 6 nitrogen and oxygen atoms in total. The van der Waals surface area contributed by atoms with E-state index in [1.807, 2.05) is 28.9 Å². The van der Waals surface area contributed by atoms with Crippen LogP contribution in [0.2, 0.25) is 0 Å². The fourth-order valence-electron chi connectivity index (χ4n) is 3.43. The number of halogens is 1. The smallest absolute Gasteiger partial charge is 0.410 e. The van der Waals surface area contributed by atoms with Crippen molar-refractivity contribution in [2.75, 3.05) is 25.4 Å². The van der Waals surface area contributed by atoms with E-state index >= 15 is 0 Å². The minimum Gasteiger partial charge on any atom is -0.448 e. The van der Waals surface area contributed by atoms with Crippen molar-refractivity contribution in [2.45, 2.75) is 16.3 Å². The van der Waals surface area contributed by atoms with Gasteiger partial charge in [-0.15, -0.1) is 12.4 Å². The van der Waals surface area contributed by atoms with Gasteiger partial charge in [0.25, 0.3) is 0 Å². The van der Waals surface area contributed by atoms with E-state index in [4.69, 9.17) is 15.6 Å². The lowest BCUT2D eigenvalue weighted by Crippen LogP contribution is -2.28. The molecule has 2 aliphatic rings. The number of cyclic esters (lactones) is 1. The van der Waals surface area contributed by atoms with Gasteiger partial charge in [0, 0.05) is 33.0 Å². The van der Waals surface area contributed by atoms with Crippen LogP contribution in [0.5, 0.6) is 0 Å². The molecular formula is C18H17ClN4O2S. The number of aromatic nitrogens is 2. The SMILES string of the molecule is Cl.Nc1ccc2c3c(nn2CCN2CCOC2=O)-c2ccccc2Sc13. The lowest BCUT2D eigenvalue weighted by atomic mass is 10.1. The number of carbonyl (C=O) groups is 1. The van der Waals surface area contributed by atoms with Crippen LogP contribution in [0.25, 0.3) is 22.2 Å². The highest BCUT2D eigenvalue weighted by Crippen LogP contribution is 2.49. The predicted molar refractivity (Wildman–Crippen MR) is 104 cm³/mol. The van der Waals surface area contributed by atoms with Crippen molar-refractivity contribution in [3.8, 4) is 11.3 Å². The second-order valence-electron chi connectivity index (χ2n) is 6.15. The van der Waals surface area contributed by atoms with Crippen molar-refractivity contribution in [1.29, 1.82) is 0 Å². The van der Waals surface area contributed by atoms with E-state index in [1.54, 1.807) is 16.7 Å². The van der Waals surface area contributed by atoms with Crippen LogP contribution in [-0.2, 0) is 11.3 Å². The van der Waals surface area contributed by atoms with Gasteiger partial charge in [0.05, 0.1) is 18.6 Å². The van der Waals surface area contributed by atoms with E-state index in [0.29, 0.717) is 26.2 Å². The van der Waals surface area contributed by atoms with Gasteiger partial charge in [-0.25, -0.2) is 4.79 Å². The summed E-state index contributed by atoms with van der Waals surface area (Å²) in [5.74, 6) is 0. The van der Waals surface area contributed by atoms with E-state index in [9.17, 15) is 4.79 Å². The Labute approximate surface area is 160 Å². The van der Waals surface area contributed by atoms with Crippen LogP contribution in [0, 0.1) is 0 Å². The lowest BCUT2D eigenvalue weighted by Gasteiger charge is -2.16. The summed E-state index contributed by atoms with van der Waals surface area (Å²) in [6.07, 6.45) is -0.244. The summed E-state index contributed by atoms with van der Waals surface area (Å²) in [5, 5.41) is 5.96. The van der Waals surface area contributed by atoms with Crippen LogP contribution in [0.4, 0.5) is 10.5 Å². The second kappa shape index (κ2) is 6.41. The Kier molecular flexibility index (Phi) is 4.20. The highest BCUT2D eigenvalue weighted by Gasteiger charge is 2.26. The number of amides is 1. The molecule has 1 fully saturated rings. The minimum absolute atomic E-state index is 0. The van der Waals surface area contributed by atoms with Crippen molar-refractivity contribution < 1.29 is 9.53 Å². The van der Waals surface area contributed by atoms with Gasteiger partial charge in [-0.05, 0) is 18.2 Å². The molecule has 26 heavy (non-hydrogen) atoms. The molecule has 2 aromatic carbocycles. The fraction of sp³-hybridized carbons (Fsp3) is 0.222. The monoisotopic (exact) mass is 388 g/mol. The predicted octanol–water partition coefficient (Wildman–Crippen LogP) is 3.62. The quantitative estimate of drug-likeness (QED) is 0.542. The standard InChI is InChI=1S/C18H16N4O2S.ClH/c19-12-5-6-13-15-16(11-3-1-2-4-14(11)25-17(12)15)20-22(13)8-7-21-9-10-24-18(21)23;/h1-6H,7-10,19H2;1H. The van der Waals surface area contributed by atoms with Gasteiger partial charge in [-0.1, -0.05) is 30.0 Å².